The standard InChI is InChI=1S/C33H21NS/c1-33(2)26-12-5-3-8-18(26)22-14-23-20-10-7-11-21-24-15-25-19-9-4-6-13-30(19)35-31(25)17-29(24)34(32(20)21)28(23)16-27(22)33/h3-17H,1-2H3. The Hall–Kier alpha value is -3.88. The predicted molar refractivity (Wildman–Crippen MR) is 152 cm³/mol. The number of aromatic nitrogens is 1. The van der Waals surface area contributed by atoms with Gasteiger partial charge in [-0.25, -0.2) is 0 Å². The summed E-state index contributed by atoms with van der Waals surface area (Å²) in [5.74, 6) is 0. The first kappa shape index (κ1) is 18.4. The fourth-order valence-corrected chi connectivity index (χ4v) is 8.01. The highest BCUT2D eigenvalue weighted by Gasteiger charge is 2.36. The van der Waals surface area contributed by atoms with E-state index in [2.05, 4.69) is 109 Å². The van der Waals surface area contributed by atoms with Crippen LogP contribution in [-0.4, -0.2) is 4.40 Å². The van der Waals surface area contributed by atoms with Crippen molar-refractivity contribution < 1.29 is 0 Å². The molecule has 2 heteroatoms. The molecule has 0 unspecified atom stereocenters. The molecule has 0 aliphatic heterocycles. The summed E-state index contributed by atoms with van der Waals surface area (Å²) >= 11 is 1.90. The number of nitrogens with zero attached hydrogens (tertiary/aromatic N) is 1. The molecule has 1 nitrogen and oxygen atoms in total. The third-order valence-corrected chi connectivity index (χ3v) is 9.65. The highest BCUT2D eigenvalue weighted by molar-refractivity contribution is 7.25. The van der Waals surface area contributed by atoms with Crippen LogP contribution in [0.2, 0.25) is 0 Å². The molecule has 0 saturated carbocycles. The van der Waals surface area contributed by atoms with Gasteiger partial charge in [0.05, 0.1) is 16.6 Å². The number of para-hydroxylation sites is 1. The summed E-state index contributed by atoms with van der Waals surface area (Å²) in [5, 5.41) is 8.15. The maximum absolute atomic E-state index is 2.54. The number of hydrogen-bond donors (Lipinski definition) is 0. The van der Waals surface area contributed by atoms with E-state index in [1.54, 1.807) is 0 Å². The Bertz CT molecular complexity index is 2190. The van der Waals surface area contributed by atoms with Gasteiger partial charge in [-0.05, 0) is 52.6 Å². The van der Waals surface area contributed by atoms with Crippen molar-refractivity contribution in [1.29, 1.82) is 0 Å². The zero-order chi connectivity index (χ0) is 23.1. The molecule has 35 heavy (non-hydrogen) atoms. The SMILES string of the molecule is CC1(C)c2ccccc2-c2cc3c4cccc5c6cc7c(cc6n(c3cc21)c45)sc1ccccc17. The molecule has 1 aliphatic rings. The second kappa shape index (κ2) is 5.84. The summed E-state index contributed by atoms with van der Waals surface area (Å²) in [6, 6.07) is 34.4. The van der Waals surface area contributed by atoms with E-state index in [0.717, 1.165) is 0 Å². The molecule has 1 aliphatic carbocycles. The Kier molecular flexibility index (Phi) is 3.08. The number of benzene rings is 5. The molecule has 0 bridgehead atoms. The molecule has 0 N–H and O–H groups in total. The molecule has 164 valence electrons. The molecule has 8 aromatic rings. The van der Waals surface area contributed by atoms with E-state index >= 15 is 0 Å². The van der Waals surface area contributed by atoms with Gasteiger partial charge < -0.3 is 4.40 Å². The van der Waals surface area contributed by atoms with Crippen molar-refractivity contribution in [2.45, 2.75) is 19.3 Å². The quantitative estimate of drug-likeness (QED) is 0.211. The van der Waals surface area contributed by atoms with Crippen molar-refractivity contribution in [3.8, 4) is 11.1 Å². The van der Waals surface area contributed by atoms with E-state index < -0.39 is 0 Å². The van der Waals surface area contributed by atoms with E-state index in [0.29, 0.717) is 0 Å². The first-order valence-electron chi connectivity index (χ1n) is 12.3. The van der Waals surface area contributed by atoms with E-state index in [9.17, 15) is 0 Å². The van der Waals surface area contributed by atoms with E-state index in [1.807, 2.05) is 11.3 Å². The van der Waals surface area contributed by atoms with Gasteiger partial charge in [-0.2, -0.15) is 0 Å². The number of hydrogen-bond acceptors (Lipinski definition) is 1. The van der Waals surface area contributed by atoms with Crippen LogP contribution in [0.4, 0.5) is 0 Å². The summed E-state index contributed by atoms with van der Waals surface area (Å²) < 4.78 is 5.26. The van der Waals surface area contributed by atoms with Crippen LogP contribution in [0.15, 0.2) is 91.0 Å². The van der Waals surface area contributed by atoms with Gasteiger partial charge in [-0.1, -0.05) is 74.5 Å². The summed E-state index contributed by atoms with van der Waals surface area (Å²) in [6.07, 6.45) is 0. The van der Waals surface area contributed by atoms with Crippen LogP contribution in [0.1, 0.15) is 25.0 Å². The molecule has 5 aromatic carbocycles. The van der Waals surface area contributed by atoms with Crippen molar-refractivity contribution in [2.24, 2.45) is 0 Å². The minimum atomic E-state index is -0.00343. The smallest absolute Gasteiger partial charge is 0.0620 e. The van der Waals surface area contributed by atoms with Gasteiger partial charge in [0, 0.05) is 47.1 Å². The molecule has 0 fully saturated rings. The Morgan fingerprint density at radius 2 is 1.26 bits per heavy atom. The molecule has 0 radical (unpaired) electrons. The first-order chi connectivity index (χ1) is 17.1. The fourth-order valence-electron chi connectivity index (χ4n) is 6.89. The average Bonchev–Trinajstić information content (AvgIpc) is 3.57. The molecule has 0 spiro atoms. The predicted octanol–water partition coefficient (Wildman–Crippen LogP) is 9.51. The van der Waals surface area contributed by atoms with Gasteiger partial charge in [0.1, 0.15) is 0 Å². The van der Waals surface area contributed by atoms with Crippen LogP contribution in [-0.2, 0) is 5.41 Å². The Labute approximate surface area is 206 Å². The Balaban J connectivity index is 1.49. The molecule has 0 saturated heterocycles. The molecular weight excluding hydrogens is 442 g/mol. The van der Waals surface area contributed by atoms with Gasteiger partial charge in [0.15, 0.2) is 0 Å². The first-order valence-corrected chi connectivity index (χ1v) is 13.1. The number of rotatable bonds is 0. The molecule has 9 rings (SSSR count). The van der Waals surface area contributed by atoms with Crippen LogP contribution >= 0.6 is 11.3 Å². The number of fused-ring (bicyclic) bond motifs is 12. The van der Waals surface area contributed by atoms with Gasteiger partial charge in [-0.3, -0.25) is 0 Å². The van der Waals surface area contributed by atoms with Gasteiger partial charge in [0.25, 0.3) is 0 Å². The monoisotopic (exact) mass is 463 g/mol. The lowest BCUT2D eigenvalue weighted by atomic mass is 9.82. The maximum Gasteiger partial charge on any atom is 0.0620 e. The summed E-state index contributed by atoms with van der Waals surface area (Å²) in [5.41, 5.74) is 9.64. The zero-order valence-corrected chi connectivity index (χ0v) is 20.3. The largest absolute Gasteiger partial charge is 0.308 e. The Morgan fingerprint density at radius 3 is 2.14 bits per heavy atom. The maximum atomic E-state index is 2.54. The summed E-state index contributed by atoms with van der Waals surface area (Å²) in [6.45, 7) is 4.74. The third-order valence-electron chi connectivity index (χ3n) is 8.52. The van der Waals surface area contributed by atoms with Crippen molar-refractivity contribution in [1.82, 2.24) is 4.40 Å². The van der Waals surface area contributed by atoms with Crippen molar-refractivity contribution in [3.05, 3.63) is 102 Å². The van der Waals surface area contributed by atoms with Crippen molar-refractivity contribution >= 4 is 69.6 Å². The van der Waals surface area contributed by atoms with Crippen LogP contribution in [0.5, 0.6) is 0 Å². The van der Waals surface area contributed by atoms with Crippen LogP contribution < -0.4 is 0 Å². The third kappa shape index (κ3) is 2.04. The highest BCUT2D eigenvalue weighted by Crippen LogP contribution is 2.51. The van der Waals surface area contributed by atoms with Crippen LogP contribution in [0, 0.1) is 0 Å². The minimum absolute atomic E-state index is 0.00343. The second-order valence-corrected chi connectivity index (χ2v) is 11.7. The molecule has 3 heterocycles. The van der Waals surface area contributed by atoms with E-state index in [1.165, 1.54) is 80.5 Å². The molecular formula is C33H21NS. The van der Waals surface area contributed by atoms with Gasteiger partial charge in [-0.15, -0.1) is 11.3 Å². The lowest BCUT2D eigenvalue weighted by Crippen LogP contribution is -2.14. The van der Waals surface area contributed by atoms with Gasteiger partial charge >= 0.3 is 0 Å². The normalized spacial score (nSPS) is 14.8. The van der Waals surface area contributed by atoms with E-state index in [4.69, 9.17) is 0 Å². The average molecular weight is 464 g/mol. The molecule has 0 atom stereocenters. The van der Waals surface area contributed by atoms with Crippen LogP contribution in [0.25, 0.3) is 69.4 Å². The summed E-state index contributed by atoms with van der Waals surface area (Å²) in [7, 11) is 0. The Morgan fingerprint density at radius 1 is 0.543 bits per heavy atom. The van der Waals surface area contributed by atoms with Crippen molar-refractivity contribution in [3.63, 3.8) is 0 Å². The zero-order valence-electron chi connectivity index (χ0n) is 19.5. The highest BCUT2D eigenvalue weighted by atomic mass is 32.1. The topological polar surface area (TPSA) is 4.41 Å². The molecule has 3 aromatic heterocycles. The van der Waals surface area contributed by atoms with Gasteiger partial charge in [0.2, 0.25) is 0 Å². The van der Waals surface area contributed by atoms with Crippen LogP contribution in [0.3, 0.4) is 0 Å². The lowest BCUT2D eigenvalue weighted by Gasteiger charge is -2.21. The fraction of sp³-hybridized carbons (Fsp3) is 0.0909. The molecule has 0 amide bonds. The second-order valence-electron chi connectivity index (χ2n) is 10.6. The lowest BCUT2D eigenvalue weighted by molar-refractivity contribution is 0.661. The number of thiophene rings is 1. The summed E-state index contributed by atoms with van der Waals surface area (Å²) in [4.78, 5) is 0. The minimum Gasteiger partial charge on any atom is -0.308 e. The van der Waals surface area contributed by atoms with E-state index in [-0.39, 0.29) is 5.41 Å². The van der Waals surface area contributed by atoms with Crippen molar-refractivity contribution in [2.75, 3.05) is 0 Å².